The van der Waals surface area contributed by atoms with E-state index in [0.29, 0.717) is 5.71 Å². The Morgan fingerprint density at radius 3 is 2.00 bits per heavy atom. The van der Waals surface area contributed by atoms with Gasteiger partial charge in [0.25, 0.3) is 5.69 Å². The molecule has 0 heterocycles. The summed E-state index contributed by atoms with van der Waals surface area (Å²) in [4.78, 5) is 27.6. The van der Waals surface area contributed by atoms with E-state index < -0.39 is 10.9 Å². The summed E-state index contributed by atoms with van der Waals surface area (Å²) in [5.41, 5.74) is 3.22. The van der Waals surface area contributed by atoms with Gasteiger partial charge in [-0.05, 0) is 36.8 Å². The fraction of sp³-hybridized carbons (Fsp3) is 0.176. The normalized spacial score (nSPS) is 11.0. The van der Waals surface area contributed by atoms with Crippen LogP contribution in [0.1, 0.15) is 19.4 Å². The van der Waals surface area contributed by atoms with Crippen LogP contribution in [0, 0.1) is 10.1 Å². The van der Waals surface area contributed by atoms with E-state index in [2.05, 4.69) is 9.99 Å². The molecule has 0 spiro atoms. The van der Waals surface area contributed by atoms with Gasteiger partial charge in [-0.2, -0.15) is 0 Å². The Labute approximate surface area is 139 Å². The lowest BCUT2D eigenvalue weighted by Crippen LogP contribution is -2.09. The second-order valence-electron chi connectivity index (χ2n) is 5.14. The van der Waals surface area contributed by atoms with Crippen molar-refractivity contribution in [2.75, 3.05) is 11.9 Å². The number of nitro benzene ring substituents is 1. The smallest absolute Gasteiger partial charge is 0.331 e. The number of rotatable bonds is 5. The second-order valence-corrected chi connectivity index (χ2v) is 5.14. The highest BCUT2D eigenvalue weighted by molar-refractivity contribution is 5.98. The van der Waals surface area contributed by atoms with Gasteiger partial charge < -0.3 is 9.74 Å². The molecule has 0 aliphatic rings. The Balaban J connectivity index is 2.16. The number of carbonyl (C=O) groups is 1. The van der Waals surface area contributed by atoms with Gasteiger partial charge in [-0.3, -0.25) is 10.1 Å². The molecule has 124 valence electrons. The first-order valence-corrected chi connectivity index (χ1v) is 7.19. The molecule has 0 fully saturated rings. The molecule has 0 saturated heterocycles. The van der Waals surface area contributed by atoms with Crippen molar-refractivity contribution in [3.8, 4) is 0 Å². The Bertz CT molecular complexity index is 767. The van der Waals surface area contributed by atoms with Gasteiger partial charge in [0.1, 0.15) is 0 Å². The molecule has 0 aromatic heterocycles. The summed E-state index contributed by atoms with van der Waals surface area (Å²) < 4.78 is 0. The highest BCUT2D eigenvalue weighted by atomic mass is 16.7. The average molecular weight is 327 g/mol. The van der Waals surface area contributed by atoms with Crippen LogP contribution < -0.4 is 4.90 Å². The van der Waals surface area contributed by atoms with E-state index in [9.17, 15) is 14.9 Å². The van der Waals surface area contributed by atoms with Gasteiger partial charge in [-0.25, -0.2) is 4.79 Å². The van der Waals surface area contributed by atoms with E-state index in [4.69, 9.17) is 0 Å². The third-order valence-electron chi connectivity index (χ3n) is 3.43. The molecule has 0 saturated carbocycles. The lowest BCUT2D eigenvalue weighted by atomic mass is 10.1. The largest absolute Gasteiger partial charge is 0.345 e. The Morgan fingerprint density at radius 1 is 1.04 bits per heavy atom. The van der Waals surface area contributed by atoms with Crippen LogP contribution in [0.2, 0.25) is 0 Å². The molecule has 0 aliphatic carbocycles. The number of oxime groups is 1. The molecule has 2 rings (SSSR count). The summed E-state index contributed by atoms with van der Waals surface area (Å²) in [5.74, 6) is -0.469. The predicted octanol–water partition coefficient (Wildman–Crippen LogP) is 3.65. The standard InChI is InChI=1S/C17H17N3O4/c1-12(18-24-13(2)21)14-4-6-15(7-5-14)19(3)16-8-10-17(11-9-16)20(22)23/h4-11H,1-3H3/b18-12+. The van der Waals surface area contributed by atoms with E-state index in [1.807, 2.05) is 36.2 Å². The van der Waals surface area contributed by atoms with E-state index in [-0.39, 0.29) is 5.69 Å². The summed E-state index contributed by atoms with van der Waals surface area (Å²) in [6.07, 6.45) is 0. The molecule has 0 N–H and O–H groups in total. The van der Waals surface area contributed by atoms with Crippen LogP contribution in [-0.2, 0) is 9.63 Å². The van der Waals surface area contributed by atoms with Gasteiger partial charge in [0.2, 0.25) is 0 Å². The van der Waals surface area contributed by atoms with Crippen LogP contribution in [0.15, 0.2) is 53.7 Å². The number of hydrogen-bond acceptors (Lipinski definition) is 6. The van der Waals surface area contributed by atoms with Crippen molar-refractivity contribution < 1.29 is 14.6 Å². The summed E-state index contributed by atoms with van der Waals surface area (Å²) in [5, 5.41) is 14.4. The molecule has 24 heavy (non-hydrogen) atoms. The van der Waals surface area contributed by atoms with Crippen molar-refractivity contribution in [1.82, 2.24) is 0 Å². The number of nitro groups is 1. The maximum Gasteiger partial charge on any atom is 0.331 e. The SMILES string of the molecule is CC(=O)O/N=C(\C)c1ccc(N(C)c2ccc([N+](=O)[O-])cc2)cc1. The van der Waals surface area contributed by atoms with E-state index in [1.165, 1.54) is 19.1 Å². The Hall–Kier alpha value is -3.22. The van der Waals surface area contributed by atoms with Crippen molar-refractivity contribution in [3.05, 3.63) is 64.2 Å². The van der Waals surface area contributed by atoms with Crippen molar-refractivity contribution in [1.29, 1.82) is 0 Å². The minimum atomic E-state index is -0.469. The molecule has 0 aliphatic heterocycles. The highest BCUT2D eigenvalue weighted by Crippen LogP contribution is 2.25. The number of carbonyl (C=O) groups excluding carboxylic acids is 1. The summed E-state index contributed by atoms with van der Waals surface area (Å²) in [6.45, 7) is 3.04. The van der Waals surface area contributed by atoms with Crippen LogP contribution in [-0.4, -0.2) is 23.7 Å². The molecule has 0 atom stereocenters. The Morgan fingerprint density at radius 2 is 1.54 bits per heavy atom. The summed E-state index contributed by atoms with van der Waals surface area (Å²) >= 11 is 0. The lowest BCUT2D eigenvalue weighted by molar-refractivity contribution is -0.384. The third kappa shape index (κ3) is 4.16. The first-order valence-electron chi connectivity index (χ1n) is 7.19. The van der Waals surface area contributed by atoms with Crippen molar-refractivity contribution in [2.45, 2.75) is 13.8 Å². The van der Waals surface area contributed by atoms with Crippen molar-refractivity contribution in [3.63, 3.8) is 0 Å². The zero-order chi connectivity index (χ0) is 17.7. The van der Waals surface area contributed by atoms with Gasteiger partial charge >= 0.3 is 5.97 Å². The third-order valence-corrected chi connectivity index (χ3v) is 3.43. The van der Waals surface area contributed by atoms with Crippen LogP contribution >= 0.6 is 0 Å². The topological polar surface area (TPSA) is 85.0 Å². The van der Waals surface area contributed by atoms with Crippen LogP contribution in [0.4, 0.5) is 17.1 Å². The maximum atomic E-state index is 10.8. The molecule has 7 nitrogen and oxygen atoms in total. The van der Waals surface area contributed by atoms with Crippen LogP contribution in [0.5, 0.6) is 0 Å². The molecule has 0 unspecified atom stereocenters. The minimum absolute atomic E-state index is 0.0554. The number of hydrogen-bond donors (Lipinski definition) is 0. The molecule has 2 aromatic rings. The van der Waals surface area contributed by atoms with Gasteiger partial charge in [0, 0.05) is 37.5 Å². The zero-order valence-corrected chi connectivity index (χ0v) is 13.6. The van der Waals surface area contributed by atoms with Gasteiger partial charge in [-0.1, -0.05) is 17.3 Å². The summed E-state index contributed by atoms with van der Waals surface area (Å²) in [6, 6.07) is 13.8. The maximum absolute atomic E-state index is 10.8. The van der Waals surface area contributed by atoms with Gasteiger partial charge in [0.05, 0.1) is 10.6 Å². The first kappa shape index (κ1) is 17.1. The second kappa shape index (κ2) is 7.36. The molecule has 7 heteroatoms. The van der Waals surface area contributed by atoms with Gasteiger partial charge in [0.15, 0.2) is 0 Å². The van der Waals surface area contributed by atoms with Crippen molar-refractivity contribution in [2.24, 2.45) is 5.16 Å². The number of benzene rings is 2. The van der Waals surface area contributed by atoms with Crippen LogP contribution in [0.25, 0.3) is 0 Å². The predicted molar refractivity (Wildman–Crippen MR) is 91.6 cm³/mol. The molecular formula is C17H17N3O4. The fourth-order valence-electron chi connectivity index (χ4n) is 2.06. The minimum Gasteiger partial charge on any atom is -0.345 e. The molecule has 0 radical (unpaired) electrons. The average Bonchev–Trinajstić information content (AvgIpc) is 2.59. The molecule has 0 bridgehead atoms. The Kier molecular flexibility index (Phi) is 5.26. The monoisotopic (exact) mass is 327 g/mol. The quantitative estimate of drug-likeness (QED) is 0.362. The molecule has 2 aromatic carbocycles. The van der Waals surface area contributed by atoms with E-state index >= 15 is 0 Å². The van der Waals surface area contributed by atoms with Gasteiger partial charge in [-0.15, -0.1) is 0 Å². The van der Waals surface area contributed by atoms with E-state index in [1.54, 1.807) is 19.1 Å². The highest BCUT2D eigenvalue weighted by Gasteiger charge is 2.08. The zero-order valence-electron chi connectivity index (χ0n) is 13.6. The number of nitrogens with zero attached hydrogens (tertiary/aromatic N) is 3. The number of non-ortho nitro benzene ring substituents is 1. The lowest BCUT2D eigenvalue weighted by Gasteiger charge is -2.19. The number of anilines is 2. The summed E-state index contributed by atoms with van der Waals surface area (Å²) in [7, 11) is 1.87. The van der Waals surface area contributed by atoms with Crippen LogP contribution in [0.3, 0.4) is 0 Å². The fourth-order valence-corrected chi connectivity index (χ4v) is 2.06. The van der Waals surface area contributed by atoms with E-state index in [0.717, 1.165) is 16.9 Å². The molecular weight excluding hydrogens is 310 g/mol. The van der Waals surface area contributed by atoms with Crippen molar-refractivity contribution >= 4 is 28.7 Å². The molecule has 0 amide bonds. The first-order chi connectivity index (χ1) is 11.4.